The molecular weight excluding hydrogens is 478 g/mol. The van der Waals surface area contributed by atoms with Gasteiger partial charge in [-0.2, -0.15) is 26.3 Å². The summed E-state index contributed by atoms with van der Waals surface area (Å²) in [6.45, 7) is 1.64. The van der Waals surface area contributed by atoms with Crippen LogP contribution in [0.2, 0.25) is 0 Å². The zero-order valence-corrected chi connectivity index (χ0v) is 15.3. The fourth-order valence-electron chi connectivity index (χ4n) is 2.82. The van der Waals surface area contributed by atoms with Crippen LogP contribution in [0.25, 0.3) is 0 Å². The molecule has 0 spiro atoms. The fourth-order valence-corrected chi connectivity index (χ4v) is 5.13. The quantitative estimate of drug-likeness (QED) is 0.336. The number of halogens is 8. The average molecular weight is 490 g/mol. The van der Waals surface area contributed by atoms with Crippen LogP contribution < -0.4 is 0 Å². The van der Waals surface area contributed by atoms with Gasteiger partial charge in [0.05, 0.1) is 0 Å². The van der Waals surface area contributed by atoms with Crippen LogP contribution in [0.5, 0.6) is 0 Å². The van der Waals surface area contributed by atoms with E-state index in [-0.39, 0.29) is 6.42 Å². The second-order valence-corrected chi connectivity index (χ2v) is 8.36. The Bertz CT molecular complexity index is 515. The maximum absolute atomic E-state index is 12.8. The summed E-state index contributed by atoms with van der Waals surface area (Å²) >= 11 is 4.83. The van der Waals surface area contributed by atoms with Crippen molar-refractivity contribution in [1.29, 1.82) is 0 Å². The van der Waals surface area contributed by atoms with Crippen LogP contribution in [0.15, 0.2) is 0 Å². The maximum Gasteiger partial charge on any atom is 0.451 e. The highest BCUT2D eigenvalue weighted by Gasteiger charge is 2.68. The molecule has 0 aromatic carbocycles. The van der Waals surface area contributed by atoms with Crippen LogP contribution in [0.1, 0.15) is 32.6 Å². The molecular formula is C13H12Br2F6O3. The van der Waals surface area contributed by atoms with Crippen LogP contribution in [-0.4, -0.2) is 38.4 Å². The standard InChI is InChI=1S/C13H12Br2F6O3/c1-2-3-6-4-10(14,8(23)12(16,17)18)7(22)11(15,5-6)9(24)13(19,20)21/h6H,2-5H2,1H3/t6?,10-,11+. The third kappa shape index (κ3) is 3.86. The Labute approximate surface area is 149 Å². The Morgan fingerprint density at radius 2 is 1.33 bits per heavy atom. The minimum Gasteiger partial charge on any atom is -0.295 e. The summed E-state index contributed by atoms with van der Waals surface area (Å²) in [6, 6.07) is 0. The fraction of sp³-hybridized carbons (Fsp3) is 0.769. The number of hydrogen-bond donors (Lipinski definition) is 0. The highest BCUT2D eigenvalue weighted by Crippen LogP contribution is 2.51. The van der Waals surface area contributed by atoms with E-state index >= 15 is 0 Å². The van der Waals surface area contributed by atoms with Gasteiger partial charge in [-0.25, -0.2) is 0 Å². The maximum atomic E-state index is 12.8. The molecule has 3 atom stereocenters. The van der Waals surface area contributed by atoms with E-state index in [0.29, 0.717) is 6.42 Å². The van der Waals surface area contributed by atoms with Gasteiger partial charge in [0.1, 0.15) is 0 Å². The number of alkyl halides is 8. The van der Waals surface area contributed by atoms with Crippen molar-refractivity contribution >= 4 is 49.2 Å². The summed E-state index contributed by atoms with van der Waals surface area (Å²) in [4.78, 5) is 35.7. The molecule has 0 aromatic rings. The van der Waals surface area contributed by atoms with Gasteiger partial charge < -0.3 is 0 Å². The van der Waals surface area contributed by atoms with Crippen molar-refractivity contribution in [3.63, 3.8) is 0 Å². The number of ketones is 3. The second kappa shape index (κ2) is 6.69. The Morgan fingerprint density at radius 3 is 1.58 bits per heavy atom. The molecule has 11 heteroatoms. The van der Waals surface area contributed by atoms with Crippen molar-refractivity contribution < 1.29 is 40.7 Å². The molecule has 0 aliphatic heterocycles. The van der Waals surface area contributed by atoms with Crippen molar-refractivity contribution in [3.05, 3.63) is 0 Å². The molecule has 0 N–H and O–H groups in total. The first-order valence-corrected chi connectivity index (χ1v) is 8.35. The van der Waals surface area contributed by atoms with E-state index in [1.54, 1.807) is 6.92 Å². The van der Waals surface area contributed by atoms with Crippen LogP contribution in [0.3, 0.4) is 0 Å². The van der Waals surface area contributed by atoms with Gasteiger partial charge in [0.2, 0.25) is 0 Å². The lowest BCUT2D eigenvalue weighted by molar-refractivity contribution is -0.180. The molecule has 0 aromatic heterocycles. The van der Waals surface area contributed by atoms with Gasteiger partial charge in [0, 0.05) is 0 Å². The lowest BCUT2D eigenvalue weighted by Crippen LogP contribution is -2.63. The van der Waals surface area contributed by atoms with E-state index in [1.165, 1.54) is 0 Å². The number of carbonyl (C=O) groups is 3. The Balaban J connectivity index is 3.45. The van der Waals surface area contributed by atoms with Crippen LogP contribution in [0.4, 0.5) is 26.3 Å². The van der Waals surface area contributed by atoms with Crippen LogP contribution in [-0.2, 0) is 14.4 Å². The predicted octanol–water partition coefficient (Wildman–Crippen LogP) is 4.30. The molecule has 24 heavy (non-hydrogen) atoms. The predicted molar refractivity (Wildman–Crippen MR) is 78.1 cm³/mol. The molecule has 1 aliphatic rings. The molecule has 0 bridgehead atoms. The van der Waals surface area contributed by atoms with Gasteiger partial charge in [-0.05, 0) is 18.8 Å². The topological polar surface area (TPSA) is 51.2 Å². The van der Waals surface area contributed by atoms with Crippen LogP contribution >= 0.6 is 31.9 Å². The molecule has 138 valence electrons. The first-order valence-electron chi connectivity index (χ1n) is 6.76. The molecule has 1 aliphatic carbocycles. The molecule has 3 nitrogen and oxygen atoms in total. The zero-order valence-electron chi connectivity index (χ0n) is 12.2. The van der Waals surface area contributed by atoms with Crippen molar-refractivity contribution in [3.8, 4) is 0 Å². The summed E-state index contributed by atoms with van der Waals surface area (Å²) in [6.07, 6.45) is -11.6. The minimum absolute atomic E-state index is 0.157. The van der Waals surface area contributed by atoms with E-state index in [2.05, 4.69) is 31.9 Å². The van der Waals surface area contributed by atoms with Gasteiger partial charge in [-0.3, -0.25) is 14.4 Å². The largest absolute Gasteiger partial charge is 0.451 e. The first kappa shape index (κ1) is 21.6. The van der Waals surface area contributed by atoms with Gasteiger partial charge in [-0.1, -0.05) is 51.6 Å². The monoisotopic (exact) mass is 488 g/mol. The smallest absolute Gasteiger partial charge is 0.295 e. The highest BCUT2D eigenvalue weighted by atomic mass is 79.9. The van der Waals surface area contributed by atoms with Crippen molar-refractivity contribution in [2.24, 2.45) is 5.92 Å². The van der Waals surface area contributed by atoms with E-state index < -0.39 is 57.1 Å². The summed E-state index contributed by atoms with van der Waals surface area (Å²) < 4.78 is 70.9. The summed E-state index contributed by atoms with van der Waals surface area (Å²) in [5, 5.41) is 0. The lowest BCUT2D eigenvalue weighted by Gasteiger charge is -2.42. The first-order chi connectivity index (χ1) is 10.6. The number of carbonyl (C=O) groups excluding carboxylic acids is 3. The Kier molecular flexibility index (Phi) is 6.02. The van der Waals surface area contributed by atoms with E-state index in [9.17, 15) is 40.7 Å². The summed E-state index contributed by atoms with van der Waals surface area (Å²) in [5.41, 5.74) is 0. The second-order valence-electron chi connectivity index (χ2n) is 5.65. The van der Waals surface area contributed by atoms with E-state index in [0.717, 1.165) is 0 Å². The summed E-state index contributed by atoms with van der Waals surface area (Å²) in [7, 11) is 0. The highest BCUT2D eigenvalue weighted by molar-refractivity contribution is 9.11. The zero-order chi connectivity index (χ0) is 19.1. The van der Waals surface area contributed by atoms with E-state index in [1.807, 2.05) is 0 Å². The minimum atomic E-state index is -5.44. The molecule has 1 rings (SSSR count). The number of Topliss-reactive ketones (excluding diaryl/α,β-unsaturated/α-hetero) is 3. The number of rotatable bonds is 4. The molecule has 1 saturated carbocycles. The number of hydrogen-bond acceptors (Lipinski definition) is 3. The van der Waals surface area contributed by atoms with Crippen LogP contribution in [0, 0.1) is 5.92 Å². The molecule has 0 amide bonds. The summed E-state index contributed by atoms with van der Waals surface area (Å²) in [5.74, 6) is -7.66. The van der Waals surface area contributed by atoms with Crippen molar-refractivity contribution in [2.45, 2.75) is 53.6 Å². The van der Waals surface area contributed by atoms with E-state index in [4.69, 9.17) is 0 Å². The Hall–Kier alpha value is -0.450. The Morgan fingerprint density at radius 1 is 1.00 bits per heavy atom. The molecule has 0 saturated heterocycles. The molecule has 0 heterocycles. The third-order valence-corrected chi connectivity index (χ3v) is 5.88. The van der Waals surface area contributed by atoms with Gasteiger partial charge in [-0.15, -0.1) is 0 Å². The molecule has 1 unspecified atom stereocenters. The lowest BCUT2D eigenvalue weighted by atomic mass is 9.69. The normalized spacial score (nSPS) is 31.9. The van der Waals surface area contributed by atoms with Crippen molar-refractivity contribution in [2.75, 3.05) is 0 Å². The molecule has 1 fully saturated rings. The van der Waals surface area contributed by atoms with Gasteiger partial charge in [0.25, 0.3) is 11.6 Å². The SMILES string of the molecule is CCCC1C[C@@](Br)(C(=O)C(F)(F)F)C(=O)[C@@](Br)(C(=O)C(F)(F)F)C1. The van der Waals surface area contributed by atoms with Crippen molar-refractivity contribution in [1.82, 2.24) is 0 Å². The average Bonchev–Trinajstić information content (AvgIpc) is 2.41. The third-order valence-electron chi connectivity index (χ3n) is 3.79. The van der Waals surface area contributed by atoms with Gasteiger partial charge >= 0.3 is 12.4 Å². The van der Waals surface area contributed by atoms with Gasteiger partial charge in [0.15, 0.2) is 14.4 Å². The molecule has 0 radical (unpaired) electrons.